The highest BCUT2D eigenvalue weighted by Gasteiger charge is 2.87. The lowest BCUT2D eigenvalue weighted by Crippen LogP contribution is -2.39. The Kier molecular flexibility index (Phi) is 5.42. The lowest BCUT2D eigenvalue weighted by molar-refractivity contribution is -0.207. The SMILES string of the molecule is CCOC(=O)[C@@]12C(=O)CC3C(COCc4ccccc4)C(OC4CCCCO4)C1[C@H]32. The molecule has 7 atom stereocenters. The molecule has 4 fully saturated rings. The maximum absolute atomic E-state index is 13.0. The number of carbonyl (C=O) groups excluding carboxylic acids is 2. The van der Waals surface area contributed by atoms with Crippen LogP contribution >= 0.6 is 0 Å². The number of Topliss-reactive ketones (excluding diaryl/α,β-unsaturated/α-hetero) is 1. The molecule has 1 saturated heterocycles. The Morgan fingerprint density at radius 2 is 2.03 bits per heavy atom. The molecule has 1 aromatic carbocycles. The molecule has 1 aromatic rings. The van der Waals surface area contributed by atoms with E-state index < -0.39 is 5.41 Å². The number of hydrogen-bond acceptors (Lipinski definition) is 6. The molecule has 162 valence electrons. The van der Waals surface area contributed by atoms with E-state index in [4.69, 9.17) is 18.9 Å². The van der Waals surface area contributed by atoms with Gasteiger partial charge in [0.25, 0.3) is 0 Å². The van der Waals surface area contributed by atoms with Gasteiger partial charge in [-0.15, -0.1) is 0 Å². The lowest BCUT2D eigenvalue weighted by atomic mass is 9.88. The average molecular weight is 414 g/mol. The molecule has 1 heterocycles. The largest absolute Gasteiger partial charge is 0.465 e. The second-order valence-electron chi connectivity index (χ2n) is 8.99. The van der Waals surface area contributed by atoms with Gasteiger partial charge in [-0.3, -0.25) is 9.59 Å². The predicted octanol–water partition coefficient (Wildman–Crippen LogP) is 3.13. The van der Waals surface area contributed by atoms with Crippen LogP contribution in [0.1, 0.15) is 38.2 Å². The third kappa shape index (κ3) is 3.12. The van der Waals surface area contributed by atoms with Gasteiger partial charge in [0.1, 0.15) is 5.41 Å². The number of ether oxygens (including phenoxy) is 4. The number of rotatable bonds is 8. The summed E-state index contributed by atoms with van der Waals surface area (Å²) in [5.74, 6) is -0.167. The third-order valence-corrected chi connectivity index (χ3v) is 7.48. The summed E-state index contributed by atoms with van der Waals surface area (Å²) in [6.07, 6.45) is 2.95. The van der Waals surface area contributed by atoms with Crippen LogP contribution in [0.5, 0.6) is 0 Å². The zero-order chi connectivity index (χ0) is 20.7. The van der Waals surface area contributed by atoms with E-state index >= 15 is 0 Å². The van der Waals surface area contributed by atoms with Crippen LogP contribution < -0.4 is 0 Å². The van der Waals surface area contributed by atoms with Gasteiger partial charge < -0.3 is 18.9 Å². The number of carbonyl (C=O) groups is 2. The molecule has 3 aliphatic carbocycles. The molecule has 0 spiro atoms. The highest BCUT2D eigenvalue weighted by Crippen LogP contribution is 2.77. The molecule has 3 saturated carbocycles. The summed E-state index contributed by atoms with van der Waals surface area (Å²) in [6.45, 7) is 3.83. The van der Waals surface area contributed by atoms with Gasteiger partial charge in [-0.1, -0.05) is 30.3 Å². The van der Waals surface area contributed by atoms with Crippen molar-refractivity contribution in [1.82, 2.24) is 0 Å². The first-order valence-electron chi connectivity index (χ1n) is 11.3. The quantitative estimate of drug-likeness (QED) is 0.481. The molecule has 0 amide bonds. The number of benzene rings is 1. The second-order valence-corrected chi connectivity index (χ2v) is 8.99. The van der Waals surface area contributed by atoms with Crippen LogP contribution in [0.4, 0.5) is 0 Å². The molecule has 0 bridgehead atoms. The average Bonchev–Trinajstić information content (AvgIpc) is 3.29. The van der Waals surface area contributed by atoms with E-state index in [0.29, 0.717) is 32.8 Å². The van der Waals surface area contributed by atoms with Crippen molar-refractivity contribution in [2.45, 2.75) is 51.6 Å². The minimum atomic E-state index is -0.976. The van der Waals surface area contributed by atoms with E-state index in [1.165, 1.54) is 0 Å². The number of fused-ring (bicyclic) bond motifs is 1. The summed E-state index contributed by atoms with van der Waals surface area (Å²) in [5.41, 5.74) is 0.146. The molecule has 6 nitrogen and oxygen atoms in total. The first kappa shape index (κ1) is 20.2. The molecule has 0 aromatic heterocycles. The van der Waals surface area contributed by atoms with E-state index in [2.05, 4.69) is 0 Å². The maximum atomic E-state index is 13.0. The van der Waals surface area contributed by atoms with E-state index in [-0.39, 0.29) is 47.8 Å². The number of hydrogen-bond donors (Lipinski definition) is 0. The van der Waals surface area contributed by atoms with Crippen LogP contribution in [-0.2, 0) is 35.1 Å². The molecule has 4 aliphatic rings. The summed E-state index contributed by atoms with van der Waals surface area (Å²) in [5, 5.41) is 0. The molecule has 6 heteroatoms. The zero-order valence-electron chi connectivity index (χ0n) is 17.5. The first-order chi connectivity index (χ1) is 14.7. The molecular formula is C24H30O6. The van der Waals surface area contributed by atoms with Crippen molar-refractivity contribution in [2.24, 2.45) is 29.1 Å². The monoisotopic (exact) mass is 414 g/mol. The Bertz CT molecular complexity index is 788. The lowest BCUT2D eigenvalue weighted by Gasteiger charge is -2.32. The third-order valence-electron chi connectivity index (χ3n) is 7.48. The first-order valence-corrected chi connectivity index (χ1v) is 11.3. The normalized spacial score (nSPS) is 39.0. The summed E-state index contributed by atoms with van der Waals surface area (Å²) >= 11 is 0. The number of ketones is 1. The Morgan fingerprint density at radius 1 is 1.20 bits per heavy atom. The van der Waals surface area contributed by atoms with Gasteiger partial charge in [0.05, 0.1) is 25.9 Å². The van der Waals surface area contributed by atoms with Crippen LogP contribution in [0.2, 0.25) is 0 Å². The maximum Gasteiger partial charge on any atom is 0.320 e. The standard InChI is InChI=1S/C24H30O6/c1-2-28-23(26)24-18(25)12-16-17(14-27-13-15-8-4-3-5-9-15)22(21(24)20(16)24)30-19-10-6-7-11-29-19/h3-5,8-9,16-17,19-22H,2,6-7,10-14H2,1H3/t16?,17?,19?,20-,21?,22?,24+/m0/s1. The summed E-state index contributed by atoms with van der Waals surface area (Å²) < 4.78 is 23.7. The van der Waals surface area contributed by atoms with Crippen LogP contribution in [0, 0.1) is 29.1 Å². The van der Waals surface area contributed by atoms with Gasteiger partial charge in [0.15, 0.2) is 12.1 Å². The van der Waals surface area contributed by atoms with E-state index in [1.807, 2.05) is 30.3 Å². The van der Waals surface area contributed by atoms with Crippen molar-refractivity contribution in [1.29, 1.82) is 0 Å². The van der Waals surface area contributed by atoms with Gasteiger partial charge >= 0.3 is 5.97 Å². The van der Waals surface area contributed by atoms with E-state index in [1.54, 1.807) is 6.92 Å². The van der Waals surface area contributed by atoms with Gasteiger partial charge in [0, 0.05) is 24.9 Å². The van der Waals surface area contributed by atoms with Crippen LogP contribution in [0.25, 0.3) is 0 Å². The number of esters is 1. The van der Waals surface area contributed by atoms with Crippen LogP contribution in [-0.4, -0.2) is 44.0 Å². The smallest absolute Gasteiger partial charge is 0.320 e. The minimum absolute atomic E-state index is 0.0305. The van der Waals surface area contributed by atoms with Crippen LogP contribution in [0.15, 0.2) is 30.3 Å². The molecule has 5 rings (SSSR count). The van der Waals surface area contributed by atoms with Crippen LogP contribution in [0.3, 0.4) is 0 Å². The minimum Gasteiger partial charge on any atom is -0.465 e. The van der Waals surface area contributed by atoms with Gasteiger partial charge in [-0.2, -0.15) is 0 Å². The Hall–Kier alpha value is -1.76. The molecule has 1 aliphatic heterocycles. The van der Waals surface area contributed by atoms with Crippen molar-refractivity contribution in [3.63, 3.8) is 0 Å². The fourth-order valence-corrected chi connectivity index (χ4v) is 6.24. The van der Waals surface area contributed by atoms with Crippen molar-refractivity contribution in [2.75, 3.05) is 19.8 Å². The van der Waals surface area contributed by atoms with Gasteiger partial charge in [-0.05, 0) is 43.6 Å². The zero-order valence-corrected chi connectivity index (χ0v) is 17.5. The molecule has 0 N–H and O–H groups in total. The van der Waals surface area contributed by atoms with Gasteiger partial charge in [-0.25, -0.2) is 0 Å². The van der Waals surface area contributed by atoms with Crippen molar-refractivity contribution in [3.05, 3.63) is 35.9 Å². The van der Waals surface area contributed by atoms with Crippen molar-refractivity contribution in [3.8, 4) is 0 Å². The predicted molar refractivity (Wildman–Crippen MR) is 107 cm³/mol. The van der Waals surface area contributed by atoms with Gasteiger partial charge in [0.2, 0.25) is 0 Å². The Labute approximate surface area is 177 Å². The molecule has 0 radical (unpaired) electrons. The van der Waals surface area contributed by atoms with E-state index in [0.717, 1.165) is 24.8 Å². The summed E-state index contributed by atoms with van der Waals surface area (Å²) in [7, 11) is 0. The fraction of sp³-hybridized carbons (Fsp3) is 0.667. The van der Waals surface area contributed by atoms with E-state index in [9.17, 15) is 9.59 Å². The van der Waals surface area contributed by atoms with Crippen molar-refractivity contribution < 1.29 is 28.5 Å². The molecule has 30 heavy (non-hydrogen) atoms. The summed E-state index contributed by atoms with van der Waals surface area (Å²) in [6, 6.07) is 10.1. The second kappa shape index (κ2) is 8.06. The Morgan fingerprint density at radius 3 is 2.77 bits per heavy atom. The molecular weight excluding hydrogens is 384 g/mol. The Balaban J connectivity index is 1.33. The highest BCUT2D eigenvalue weighted by atomic mass is 16.7. The molecule has 5 unspecified atom stereocenters. The summed E-state index contributed by atoms with van der Waals surface area (Å²) in [4.78, 5) is 25.8. The fourth-order valence-electron chi connectivity index (χ4n) is 6.24. The van der Waals surface area contributed by atoms with Crippen molar-refractivity contribution >= 4 is 11.8 Å². The topological polar surface area (TPSA) is 71.1 Å². The highest BCUT2D eigenvalue weighted by molar-refractivity contribution is 6.11.